The standard InChI is InChI=1S/C12H22N4/c1-9(11-6-4-5-7-11)13-8-12-15-14-10(2)16(12)3/h9,11,13H,4-8H2,1-3H3/t9-/m1/s1. The second-order valence-corrected chi connectivity index (χ2v) is 4.94. The number of hydrogen-bond acceptors (Lipinski definition) is 3. The Bertz CT molecular complexity index is 339. The molecule has 1 heterocycles. The van der Waals surface area contributed by atoms with Gasteiger partial charge >= 0.3 is 0 Å². The van der Waals surface area contributed by atoms with E-state index >= 15 is 0 Å². The lowest BCUT2D eigenvalue weighted by atomic mass is 10.00. The lowest BCUT2D eigenvalue weighted by Gasteiger charge is -2.19. The Kier molecular flexibility index (Phi) is 3.59. The van der Waals surface area contributed by atoms with Gasteiger partial charge < -0.3 is 9.88 Å². The first-order valence-corrected chi connectivity index (χ1v) is 6.26. The molecule has 1 aromatic rings. The van der Waals surface area contributed by atoms with Crippen LogP contribution in [0.4, 0.5) is 0 Å². The highest BCUT2D eigenvalue weighted by molar-refractivity contribution is 4.92. The van der Waals surface area contributed by atoms with Crippen LogP contribution in [0, 0.1) is 12.8 Å². The zero-order valence-electron chi connectivity index (χ0n) is 10.5. The fourth-order valence-corrected chi connectivity index (χ4v) is 2.48. The molecule has 2 rings (SSSR count). The quantitative estimate of drug-likeness (QED) is 0.844. The molecule has 1 aliphatic rings. The Morgan fingerprint density at radius 3 is 2.62 bits per heavy atom. The molecule has 1 aliphatic carbocycles. The van der Waals surface area contributed by atoms with Gasteiger partial charge in [-0.05, 0) is 32.6 Å². The van der Waals surface area contributed by atoms with Crippen LogP contribution in [0.5, 0.6) is 0 Å². The summed E-state index contributed by atoms with van der Waals surface area (Å²) < 4.78 is 2.05. The maximum Gasteiger partial charge on any atom is 0.146 e. The number of nitrogens with zero attached hydrogens (tertiary/aromatic N) is 3. The molecule has 0 unspecified atom stereocenters. The summed E-state index contributed by atoms with van der Waals surface area (Å²) in [5.41, 5.74) is 0. The van der Waals surface area contributed by atoms with Crippen LogP contribution in [0.2, 0.25) is 0 Å². The Morgan fingerprint density at radius 2 is 2.06 bits per heavy atom. The maximum absolute atomic E-state index is 4.16. The first-order chi connectivity index (χ1) is 7.68. The van der Waals surface area contributed by atoms with Gasteiger partial charge in [0.2, 0.25) is 0 Å². The Labute approximate surface area is 97.5 Å². The number of hydrogen-bond donors (Lipinski definition) is 1. The van der Waals surface area contributed by atoms with E-state index in [-0.39, 0.29) is 0 Å². The van der Waals surface area contributed by atoms with Crippen molar-refractivity contribution in [3.63, 3.8) is 0 Å². The molecule has 1 fully saturated rings. The second-order valence-electron chi connectivity index (χ2n) is 4.94. The summed E-state index contributed by atoms with van der Waals surface area (Å²) in [6.07, 6.45) is 5.57. The van der Waals surface area contributed by atoms with E-state index in [1.807, 2.05) is 18.5 Å². The highest BCUT2D eigenvalue weighted by Gasteiger charge is 2.21. The van der Waals surface area contributed by atoms with Crippen molar-refractivity contribution in [2.24, 2.45) is 13.0 Å². The summed E-state index contributed by atoms with van der Waals surface area (Å²) in [5.74, 6) is 2.86. The Hall–Kier alpha value is -0.900. The summed E-state index contributed by atoms with van der Waals surface area (Å²) in [6.45, 7) is 5.10. The highest BCUT2D eigenvalue weighted by atomic mass is 15.3. The highest BCUT2D eigenvalue weighted by Crippen LogP contribution is 2.27. The van der Waals surface area contributed by atoms with Crippen LogP contribution < -0.4 is 5.32 Å². The molecular formula is C12H22N4. The predicted molar refractivity (Wildman–Crippen MR) is 64.0 cm³/mol. The van der Waals surface area contributed by atoms with Crippen molar-refractivity contribution in [2.75, 3.05) is 0 Å². The van der Waals surface area contributed by atoms with Crippen LogP contribution in [0.25, 0.3) is 0 Å². The van der Waals surface area contributed by atoms with Crippen molar-refractivity contribution < 1.29 is 0 Å². The van der Waals surface area contributed by atoms with Gasteiger partial charge in [-0.3, -0.25) is 0 Å². The predicted octanol–water partition coefficient (Wildman–Crippen LogP) is 1.79. The third-order valence-corrected chi connectivity index (χ3v) is 3.87. The molecule has 1 atom stereocenters. The molecule has 0 bridgehead atoms. The minimum atomic E-state index is 0.597. The Morgan fingerprint density at radius 1 is 1.38 bits per heavy atom. The van der Waals surface area contributed by atoms with Gasteiger partial charge in [0, 0.05) is 13.1 Å². The minimum absolute atomic E-state index is 0.597. The van der Waals surface area contributed by atoms with Crippen molar-refractivity contribution in [1.82, 2.24) is 20.1 Å². The van der Waals surface area contributed by atoms with E-state index in [1.54, 1.807) is 0 Å². The van der Waals surface area contributed by atoms with E-state index in [9.17, 15) is 0 Å². The first-order valence-electron chi connectivity index (χ1n) is 6.26. The van der Waals surface area contributed by atoms with E-state index in [4.69, 9.17) is 0 Å². The third kappa shape index (κ3) is 2.43. The van der Waals surface area contributed by atoms with Gasteiger partial charge in [-0.1, -0.05) is 12.8 Å². The Balaban J connectivity index is 1.84. The third-order valence-electron chi connectivity index (χ3n) is 3.87. The summed E-state index contributed by atoms with van der Waals surface area (Å²) in [7, 11) is 2.02. The van der Waals surface area contributed by atoms with Crippen molar-refractivity contribution in [3.8, 4) is 0 Å². The molecule has 4 heteroatoms. The summed E-state index contributed by atoms with van der Waals surface area (Å²) in [6, 6.07) is 0.597. The van der Waals surface area contributed by atoms with Gasteiger partial charge in [0.05, 0.1) is 6.54 Å². The van der Waals surface area contributed by atoms with Crippen LogP contribution in [0.1, 0.15) is 44.3 Å². The number of nitrogens with one attached hydrogen (secondary N) is 1. The normalized spacial score (nSPS) is 19.2. The lowest BCUT2D eigenvalue weighted by molar-refractivity contribution is 0.375. The van der Waals surface area contributed by atoms with Crippen LogP contribution in [-0.2, 0) is 13.6 Å². The average molecular weight is 222 g/mol. The van der Waals surface area contributed by atoms with Crippen LogP contribution in [0.15, 0.2) is 0 Å². The fourth-order valence-electron chi connectivity index (χ4n) is 2.48. The minimum Gasteiger partial charge on any atom is -0.317 e. The molecule has 0 radical (unpaired) electrons. The zero-order valence-corrected chi connectivity index (χ0v) is 10.5. The number of rotatable bonds is 4. The van der Waals surface area contributed by atoms with Crippen molar-refractivity contribution in [2.45, 2.75) is 52.1 Å². The van der Waals surface area contributed by atoms with E-state index in [2.05, 4.69) is 22.4 Å². The molecule has 1 saturated carbocycles. The van der Waals surface area contributed by atoms with E-state index in [0.29, 0.717) is 6.04 Å². The van der Waals surface area contributed by atoms with Crippen LogP contribution >= 0.6 is 0 Å². The van der Waals surface area contributed by atoms with Gasteiger partial charge in [0.15, 0.2) is 0 Å². The van der Waals surface area contributed by atoms with Gasteiger partial charge in [0.25, 0.3) is 0 Å². The summed E-state index contributed by atoms with van der Waals surface area (Å²) in [5, 5.41) is 11.8. The SMILES string of the molecule is Cc1nnc(CN[C@H](C)C2CCCC2)n1C. The molecule has 90 valence electrons. The number of aryl methyl sites for hydroxylation is 1. The van der Waals surface area contributed by atoms with Crippen molar-refractivity contribution in [1.29, 1.82) is 0 Å². The molecule has 16 heavy (non-hydrogen) atoms. The molecule has 4 nitrogen and oxygen atoms in total. The van der Waals surface area contributed by atoms with Gasteiger partial charge in [-0.25, -0.2) is 0 Å². The molecular weight excluding hydrogens is 200 g/mol. The average Bonchev–Trinajstić information content (AvgIpc) is 2.89. The second kappa shape index (κ2) is 4.95. The summed E-state index contributed by atoms with van der Waals surface area (Å²) >= 11 is 0. The van der Waals surface area contributed by atoms with Gasteiger partial charge in [-0.15, -0.1) is 10.2 Å². The zero-order chi connectivity index (χ0) is 11.5. The van der Waals surface area contributed by atoms with Crippen molar-refractivity contribution >= 4 is 0 Å². The van der Waals surface area contributed by atoms with E-state index < -0.39 is 0 Å². The lowest BCUT2D eigenvalue weighted by Crippen LogP contribution is -2.32. The van der Waals surface area contributed by atoms with Crippen molar-refractivity contribution in [3.05, 3.63) is 11.6 Å². The molecule has 1 aromatic heterocycles. The molecule has 0 amide bonds. The van der Waals surface area contributed by atoms with Crippen LogP contribution in [0.3, 0.4) is 0 Å². The molecule has 1 N–H and O–H groups in total. The topological polar surface area (TPSA) is 42.7 Å². The molecule has 0 spiro atoms. The summed E-state index contributed by atoms with van der Waals surface area (Å²) in [4.78, 5) is 0. The largest absolute Gasteiger partial charge is 0.317 e. The van der Waals surface area contributed by atoms with Gasteiger partial charge in [0.1, 0.15) is 11.6 Å². The molecule has 0 saturated heterocycles. The smallest absolute Gasteiger partial charge is 0.146 e. The van der Waals surface area contributed by atoms with E-state index in [0.717, 1.165) is 24.1 Å². The maximum atomic E-state index is 4.16. The molecule has 0 aromatic carbocycles. The number of aromatic nitrogens is 3. The molecule has 0 aliphatic heterocycles. The van der Waals surface area contributed by atoms with Crippen LogP contribution in [-0.4, -0.2) is 20.8 Å². The monoisotopic (exact) mass is 222 g/mol. The van der Waals surface area contributed by atoms with E-state index in [1.165, 1.54) is 25.7 Å². The first kappa shape index (κ1) is 11.6. The fraction of sp³-hybridized carbons (Fsp3) is 0.833. The van der Waals surface area contributed by atoms with Gasteiger partial charge in [-0.2, -0.15) is 0 Å².